The van der Waals surface area contributed by atoms with E-state index in [0.29, 0.717) is 23.1 Å². The molecule has 0 spiro atoms. The molecule has 0 aliphatic rings. The Morgan fingerprint density at radius 2 is 2.14 bits per heavy atom. The summed E-state index contributed by atoms with van der Waals surface area (Å²) in [6.07, 6.45) is 0. The van der Waals surface area contributed by atoms with E-state index in [1.165, 1.54) is 16.1 Å². The maximum Gasteiger partial charge on any atom is 0.294 e. The van der Waals surface area contributed by atoms with E-state index in [1.807, 2.05) is 35.8 Å². The minimum atomic E-state index is -0.414. The van der Waals surface area contributed by atoms with Gasteiger partial charge in [0.05, 0.1) is 5.69 Å². The fourth-order valence-electron chi connectivity index (χ4n) is 1.70. The first-order valence-corrected chi connectivity index (χ1v) is 6.93. The average molecular weight is 301 g/mol. The number of benzene rings is 1. The van der Waals surface area contributed by atoms with E-state index in [9.17, 15) is 4.79 Å². The van der Waals surface area contributed by atoms with Crippen molar-refractivity contribution in [2.45, 2.75) is 6.54 Å². The van der Waals surface area contributed by atoms with E-state index in [-0.39, 0.29) is 0 Å². The quantitative estimate of drug-likeness (QED) is 0.411. The van der Waals surface area contributed by atoms with Gasteiger partial charge in [0.1, 0.15) is 6.54 Å². The number of rotatable bonds is 4. The molecule has 0 bridgehead atoms. The molecule has 1 amide bonds. The highest BCUT2D eigenvalue weighted by Crippen LogP contribution is 2.13. The lowest BCUT2D eigenvalue weighted by Crippen LogP contribution is -2.29. The molecule has 1 aromatic carbocycles. The van der Waals surface area contributed by atoms with Gasteiger partial charge in [-0.25, -0.2) is 10.8 Å². The number of carbonyl (C=O) groups is 1. The van der Waals surface area contributed by atoms with Crippen LogP contribution in [0.3, 0.4) is 0 Å². The zero-order chi connectivity index (χ0) is 14.7. The third kappa shape index (κ3) is 2.93. The van der Waals surface area contributed by atoms with E-state index in [1.54, 1.807) is 5.38 Å². The van der Waals surface area contributed by atoms with Crippen molar-refractivity contribution in [3.8, 4) is 11.4 Å². The average Bonchev–Trinajstić information content (AvgIpc) is 3.17. The summed E-state index contributed by atoms with van der Waals surface area (Å²) in [6.45, 7) is 0.341. The Bertz CT molecular complexity index is 752. The topological polar surface area (TPSA) is 112 Å². The number of nitrogen functional groups attached to an aromatic ring is 1. The summed E-state index contributed by atoms with van der Waals surface area (Å²) in [4.78, 5) is 16.9. The van der Waals surface area contributed by atoms with Crippen molar-refractivity contribution >= 4 is 17.2 Å². The predicted octanol–water partition coefficient (Wildman–Crippen LogP) is 0.448. The lowest BCUT2D eigenvalue weighted by atomic mass is 10.2. The molecule has 0 unspecified atom stereocenters. The second-order valence-corrected chi connectivity index (χ2v) is 4.99. The van der Waals surface area contributed by atoms with Crippen LogP contribution in [0.2, 0.25) is 0 Å². The maximum absolute atomic E-state index is 11.3. The van der Waals surface area contributed by atoms with Gasteiger partial charge in [-0.05, 0) is 5.21 Å². The van der Waals surface area contributed by atoms with Crippen LogP contribution in [0.1, 0.15) is 15.5 Å². The van der Waals surface area contributed by atoms with Gasteiger partial charge in [-0.15, -0.1) is 21.5 Å². The highest BCUT2D eigenvalue weighted by Gasteiger charge is 2.11. The van der Waals surface area contributed by atoms with Crippen LogP contribution in [0.15, 0.2) is 35.7 Å². The summed E-state index contributed by atoms with van der Waals surface area (Å²) in [7, 11) is 0. The fraction of sp³-hybridized carbons (Fsp3) is 0.0833. The molecule has 8 nitrogen and oxygen atoms in total. The highest BCUT2D eigenvalue weighted by molar-refractivity contribution is 7.11. The number of nitrogens with two attached hydrogens (primary N) is 1. The molecule has 0 saturated carbocycles. The molecule has 3 rings (SSSR count). The summed E-state index contributed by atoms with van der Waals surface area (Å²) < 4.78 is 0. The van der Waals surface area contributed by atoms with Crippen LogP contribution in [0.25, 0.3) is 11.4 Å². The number of tetrazole rings is 1. The van der Waals surface area contributed by atoms with Crippen molar-refractivity contribution in [2.75, 3.05) is 0 Å². The third-order valence-electron chi connectivity index (χ3n) is 2.67. The van der Waals surface area contributed by atoms with Gasteiger partial charge >= 0.3 is 0 Å². The van der Waals surface area contributed by atoms with Gasteiger partial charge in [0.2, 0.25) is 5.82 Å². The minimum Gasteiger partial charge on any atom is -0.288 e. The summed E-state index contributed by atoms with van der Waals surface area (Å²) in [6, 6.07) is 9.57. The summed E-state index contributed by atoms with van der Waals surface area (Å²) >= 11 is 1.21. The van der Waals surface area contributed by atoms with Gasteiger partial charge in [-0.1, -0.05) is 30.3 Å². The molecule has 3 N–H and O–H groups in total. The minimum absolute atomic E-state index is 0.302. The Morgan fingerprint density at radius 1 is 1.33 bits per heavy atom. The number of hydrazine groups is 1. The number of hydrogen-bond acceptors (Lipinski definition) is 7. The predicted molar refractivity (Wildman–Crippen MR) is 76.1 cm³/mol. The standard InChI is InChI=1S/C12H11N7OS/c13-15-11(20)12-14-9(7-21-12)6-19-17-10(16-18-19)8-4-2-1-3-5-8/h1-5,7H,6,13H2,(H,15,20). The first-order valence-electron chi connectivity index (χ1n) is 6.05. The maximum atomic E-state index is 11.3. The molecular weight excluding hydrogens is 290 g/mol. The van der Waals surface area contributed by atoms with Crippen LogP contribution in [-0.2, 0) is 6.54 Å². The lowest BCUT2D eigenvalue weighted by Gasteiger charge is -1.95. The van der Waals surface area contributed by atoms with Crippen LogP contribution in [-0.4, -0.2) is 31.1 Å². The monoisotopic (exact) mass is 301 g/mol. The van der Waals surface area contributed by atoms with E-state index in [4.69, 9.17) is 5.84 Å². The molecule has 21 heavy (non-hydrogen) atoms. The molecule has 0 aliphatic heterocycles. The second kappa shape index (κ2) is 5.77. The van der Waals surface area contributed by atoms with Gasteiger partial charge in [0, 0.05) is 10.9 Å². The van der Waals surface area contributed by atoms with Crippen molar-refractivity contribution in [1.82, 2.24) is 30.6 Å². The number of thiazole rings is 1. The van der Waals surface area contributed by atoms with Crippen molar-refractivity contribution in [1.29, 1.82) is 0 Å². The SMILES string of the molecule is NNC(=O)c1nc(Cn2nnc(-c3ccccc3)n2)cs1. The number of amides is 1. The molecule has 0 saturated heterocycles. The van der Waals surface area contributed by atoms with Crippen LogP contribution < -0.4 is 11.3 Å². The first-order chi connectivity index (χ1) is 10.3. The van der Waals surface area contributed by atoms with Crippen LogP contribution in [0.4, 0.5) is 0 Å². The number of nitrogens with one attached hydrogen (secondary N) is 1. The Morgan fingerprint density at radius 3 is 2.90 bits per heavy atom. The Balaban J connectivity index is 1.76. The zero-order valence-electron chi connectivity index (χ0n) is 10.8. The molecule has 0 atom stereocenters. The molecule has 0 radical (unpaired) electrons. The van der Waals surface area contributed by atoms with Gasteiger partial charge < -0.3 is 0 Å². The summed E-state index contributed by atoms with van der Waals surface area (Å²) in [5.74, 6) is 5.19. The molecule has 106 valence electrons. The van der Waals surface area contributed by atoms with Crippen molar-refractivity contribution < 1.29 is 4.79 Å². The number of nitrogens with zero attached hydrogens (tertiary/aromatic N) is 5. The first kappa shape index (κ1) is 13.3. The van der Waals surface area contributed by atoms with E-state index < -0.39 is 5.91 Å². The fourth-order valence-corrected chi connectivity index (χ4v) is 2.41. The number of carbonyl (C=O) groups excluding carboxylic acids is 1. The van der Waals surface area contributed by atoms with E-state index >= 15 is 0 Å². The Kier molecular flexibility index (Phi) is 3.67. The molecule has 9 heteroatoms. The molecule has 0 aliphatic carbocycles. The largest absolute Gasteiger partial charge is 0.294 e. The van der Waals surface area contributed by atoms with Crippen molar-refractivity contribution in [3.63, 3.8) is 0 Å². The van der Waals surface area contributed by atoms with E-state index in [0.717, 1.165) is 5.56 Å². The molecule has 3 aromatic rings. The van der Waals surface area contributed by atoms with Crippen LogP contribution in [0.5, 0.6) is 0 Å². The third-order valence-corrected chi connectivity index (χ3v) is 3.56. The van der Waals surface area contributed by atoms with Gasteiger partial charge in [0.25, 0.3) is 5.91 Å². The number of hydrogen-bond donors (Lipinski definition) is 2. The molecule has 0 fully saturated rings. The molecular formula is C12H11N7OS. The van der Waals surface area contributed by atoms with Crippen molar-refractivity contribution in [3.05, 3.63) is 46.4 Å². The zero-order valence-corrected chi connectivity index (χ0v) is 11.6. The van der Waals surface area contributed by atoms with Gasteiger partial charge in [-0.2, -0.15) is 4.80 Å². The molecule has 2 heterocycles. The summed E-state index contributed by atoms with van der Waals surface area (Å²) in [5.41, 5.74) is 3.61. The Hall–Kier alpha value is -2.65. The second-order valence-electron chi connectivity index (χ2n) is 4.13. The Labute approximate surface area is 123 Å². The smallest absolute Gasteiger partial charge is 0.288 e. The van der Waals surface area contributed by atoms with Crippen LogP contribution in [0, 0.1) is 0 Å². The number of aromatic nitrogens is 5. The van der Waals surface area contributed by atoms with Crippen LogP contribution >= 0.6 is 11.3 Å². The van der Waals surface area contributed by atoms with Crippen molar-refractivity contribution in [2.24, 2.45) is 5.84 Å². The summed E-state index contributed by atoms with van der Waals surface area (Å²) in [5, 5.41) is 14.3. The normalized spacial score (nSPS) is 10.5. The molecule has 2 aromatic heterocycles. The lowest BCUT2D eigenvalue weighted by molar-refractivity contribution is 0.0953. The van der Waals surface area contributed by atoms with Gasteiger partial charge in [-0.3, -0.25) is 10.2 Å². The van der Waals surface area contributed by atoms with Gasteiger partial charge in [0.15, 0.2) is 5.01 Å². The van der Waals surface area contributed by atoms with E-state index in [2.05, 4.69) is 20.4 Å². The highest BCUT2D eigenvalue weighted by atomic mass is 32.1.